The summed E-state index contributed by atoms with van der Waals surface area (Å²) in [5, 5.41) is 15.2. The minimum atomic E-state index is -0.854. The summed E-state index contributed by atoms with van der Waals surface area (Å²) in [4.78, 5) is 39.9. The van der Waals surface area contributed by atoms with Crippen molar-refractivity contribution in [3.63, 3.8) is 0 Å². The normalized spacial score (nSPS) is 23.9. The summed E-state index contributed by atoms with van der Waals surface area (Å²) in [7, 11) is 0. The summed E-state index contributed by atoms with van der Waals surface area (Å²) >= 11 is 0. The van der Waals surface area contributed by atoms with Gasteiger partial charge in [0.1, 0.15) is 11.6 Å². The van der Waals surface area contributed by atoms with E-state index in [1.54, 1.807) is 13.0 Å². The van der Waals surface area contributed by atoms with Gasteiger partial charge in [-0.3, -0.25) is 9.59 Å². The van der Waals surface area contributed by atoms with Crippen LogP contribution in [0.4, 0.5) is 19.3 Å². The van der Waals surface area contributed by atoms with E-state index in [-0.39, 0.29) is 30.3 Å². The van der Waals surface area contributed by atoms with Gasteiger partial charge in [-0.2, -0.15) is 0 Å². The Morgan fingerprint density at radius 3 is 2.71 bits per heavy atom. The number of urea groups is 1. The van der Waals surface area contributed by atoms with Crippen LogP contribution in [0, 0.1) is 23.5 Å². The number of amides is 3. The number of hydrogen-bond acceptors (Lipinski definition) is 4. The fraction of sp³-hybridized carbons (Fsp3) is 0.381. The van der Waals surface area contributed by atoms with Gasteiger partial charge in [0.15, 0.2) is 0 Å². The molecule has 3 amide bonds. The molecule has 3 heterocycles. The van der Waals surface area contributed by atoms with Crippen LogP contribution < -0.4 is 16.2 Å². The molecule has 0 radical (unpaired) electrons. The molecule has 1 aromatic carbocycles. The van der Waals surface area contributed by atoms with Crippen molar-refractivity contribution in [2.24, 2.45) is 11.8 Å². The molecule has 2 aliphatic rings. The lowest BCUT2D eigenvalue weighted by Crippen LogP contribution is -2.50. The number of anilines is 1. The van der Waals surface area contributed by atoms with E-state index < -0.39 is 41.6 Å². The van der Waals surface area contributed by atoms with Gasteiger partial charge in [0.05, 0.1) is 23.7 Å². The zero-order valence-electron chi connectivity index (χ0n) is 16.7. The molecule has 0 spiro atoms. The number of nitrogens with zero attached hydrogens (tertiary/aromatic N) is 2. The highest BCUT2D eigenvalue weighted by molar-refractivity contribution is 5.92. The predicted octanol–water partition coefficient (Wildman–Crippen LogP) is 1.46. The van der Waals surface area contributed by atoms with Gasteiger partial charge in [-0.15, -0.1) is 0 Å². The molecule has 0 aliphatic carbocycles. The Morgan fingerprint density at radius 1 is 1.23 bits per heavy atom. The minimum Gasteiger partial charge on any atom is -0.396 e. The van der Waals surface area contributed by atoms with E-state index in [4.69, 9.17) is 0 Å². The molecular weight excluding hydrogens is 410 g/mol. The van der Waals surface area contributed by atoms with Gasteiger partial charge in [0.2, 0.25) is 5.91 Å². The number of halogens is 2. The van der Waals surface area contributed by atoms with Crippen LogP contribution in [0.2, 0.25) is 0 Å². The molecule has 2 aromatic rings. The van der Waals surface area contributed by atoms with Crippen molar-refractivity contribution in [2.45, 2.75) is 25.6 Å². The third-order valence-corrected chi connectivity index (χ3v) is 5.98. The average molecular weight is 432 g/mol. The first-order valence-electron chi connectivity index (χ1n) is 10.00. The van der Waals surface area contributed by atoms with Crippen molar-refractivity contribution < 1.29 is 23.5 Å². The number of nitrogens with one attached hydrogen (secondary N) is 2. The second-order valence-corrected chi connectivity index (χ2v) is 7.64. The van der Waals surface area contributed by atoms with Gasteiger partial charge in [-0.1, -0.05) is 6.07 Å². The second kappa shape index (κ2) is 8.10. The largest absolute Gasteiger partial charge is 0.396 e. The molecule has 4 atom stereocenters. The van der Waals surface area contributed by atoms with Gasteiger partial charge in [0.25, 0.3) is 5.56 Å². The smallest absolute Gasteiger partial charge is 0.322 e. The molecule has 0 unspecified atom stereocenters. The summed E-state index contributed by atoms with van der Waals surface area (Å²) in [5.74, 6) is -3.33. The van der Waals surface area contributed by atoms with Crippen molar-refractivity contribution in [1.82, 2.24) is 14.8 Å². The van der Waals surface area contributed by atoms with Crippen LogP contribution >= 0.6 is 0 Å². The summed E-state index contributed by atoms with van der Waals surface area (Å²) in [5.41, 5.74) is -0.168. The average Bonchev–Trinajstić information content (AvgIpc) is 2.98. The van der Waals surface area contributed by atoms with Gasteiger partial charge >= 0.3 is 6.03 Å². The standard InChI is InChI=1S/C21H22F2N4O4/c1-2-24-20(30)18-12(10-28)16-9-26-15(4-3-5-17(26)29)19(18)27(16)21(31)25-14-8-11(22)6-7-13(14)23/h3-8,12,16,18-19,28H,2,9-10H2,1H3,(H,24,30)(H,25,31)/t12-,16-,18+,19+/m1/s1. The molecule has 4 rings (SSSR count). The number of aliphatic hydroxyl groups is 1. The van der Waals surface area contributed by atoms with Crippen LogP contribution in [0.15, 0.2) is 41.2 Å². The maximum Gasteiger partial charge on any atom is 0.322 e. The van der Waals surface area contributed by atoms with E-state index in [0.29, 0.717) is 12.2 Å². The molecule has 1 aromatic heterocycles. The highest BCUT2D eigenvalue weighted by atomic mass is 19.1. The van der Waals surface area contributed by atoms with Crippen LogP contribution in [-0.2, 0) is 11.3 Å². The highest BCUT2D eigenvalue weighted by Crippen LogP contribution is 2.48. The van der Waals surface area contributed by atoms with Crippen LogP contribution in [0.3, 0.4) is 0 Å². The Bertz CT molecular complexity index is 1090. The Labute approximate surface area is 176 Å². The third kappa shape index (κ3) is 3.46. The number of benzene rings is 1. The number of rotatable bonds is 4. The summed E-state index contributed by atoms with van der Waals surface area (Å²) in [6.45, 7) is 1.80. The number of carbonyl (C=O) groups is 2. The molecule has 1 fully saturated rings. The Hall–Kier alpha value is -3.27. The topological polar surface area (TPSA) is 104 Å². The molecule has 164 valence electrons. The van der Waals surface area contributed by atoms with Crippen molar-refractivity contribution in [1.29, 1.82) is 0 Å². The van der Waals surface area contributed by atoms with Gasteiger partial charge in [-0.25, -0.2) is 13.6 Å². The monoisotopic (exact) mass is 432 g/mol. The van der Waals surface area contributed by atoms with E-state index in [1.807, 2.05) is 0 Å². The first-order valence-corrected chi connectivity index (χ1v) is 10.00. The molecule has 8 nitrogen and oxygen atoms in total. The van der Waals surface area contributed by atoms with Crippen molar-refractivity contribution in [2.75, 3.05) is 18.5 Å². The summed E-state index contributed by atoms with van der Waals surface area (Å²) in [6.07, 6.45) is 0. The highest BCUT2D eigenvalue weighted by Gasteiger charge is 2.57. The van der Waals surface area contributed by atoms with E-state index in [9.17, 15) is 28.3 Å². The van der Waals surface area contributed by atoms with Crippen LogP contribution in [-0.4, -0.2) is 45.7 Å². The third-order valence-electron chi connectivity index (χ3n) is 5.98. The molecular formula is C21H22F2N4O4. The van der Waals surface area contributed by atoms with Crippen LogP contribution in [0.5, 0.6) is 0 Å². The lowest BCUT2D eigenvalue weighted by Gasteiger charge is -2.38. The SMILES string of the molecule is CCNC(=O)[C@H]1[C@H](CO)[C@H]2Cn3c(cccc3=O)[C@@H]1N2C(=O)Nc1cc(F)ccc1F. The summed E-state index contributed by atoms with van der Waals surface area (Å²) < 4.78 is 29.1. The molecule has 2 bridgehead atoms. The Kier molecular flexibility index (Phi) is 5.48. The van der Waals surface area contributed by atoms with Crippen molar-refractivity contribution in [3.05, 3.63) is 64.1 Å². The lowest BCUT2D eigenvalue weighted by atomic mass is 9.86. The van der Waals surface area contributed by atoms with E-state index in [1.165, 1.54) is 21.6 Å². The number of aromatic nitrogens is 1. The number of aliphatic hydroxyl groups excluding tert-OH is 1. The number of pyridine rings is 1. The predicted molar refractivity (Wildman–Crippen MR) is 107 cm³/mol. The maximum atomic E-state index is 14.1. The number of fused-ring (bicyclic) bond motifs is 4. The number of carbonyl (C=O) groups excluding carboxylic acids is 2. The molecule has 2 aliphatic heterocycles. The van der Waals surface area contributed by atoms with Gasteiger partial charge in [0, 0.05) is 43.4 Å². The van der Waals surface area contributed by atoms with Crippen molar-refractivity contribution >= 4 is 17.6 Å². The fourth-order valence-electron chi connectivity index (χ4n) is 4.70. The fourth-order valence-corrected chi connectivity index (χ4v) is 4.70. The first-order chi connectivity index (χ1) is 14.9. The lowest BCUT2D eigenvalue weighted by molar-refractivity contribution is -0.127. The Morgan fingerprint density at radius 2 is 2.00 bits per heavy atom. The number of hydrogen-bond donors (Lipinski definition) is 3. The molecule has 10 heteroatoms. The minimum absolute atomic E-state index is 0.0751. The molecule has 31 heavy (non-hydrogen) atoms. The zero-order valence-corrected chi connectivity index (χ0v) is 16.7. The zero-order chi connectivity index (χ0) is 22.3. The van der Waals surface area contributed by atoms with E-state index in [2.05, 4.69) is 10.6 Å². The molecule has 1 saturated heterocycles. The molecule has 3 N–H and O–H groups in total. The van der Waals surface area contributed by atoms with Crippen molar-refractivity contribution in [3.8, 4) is 0 Å². The Balaban J connectivity index is 1.78. The second-order valence-electron chi connectivity index (χ2n) is 7.64. The quantitative estimate of drug-likeness (QED) is 0.681. The first kappa shape index (κ1) is 21.0. The summed E-state index contributed by atoms with van der Waals surface area (Å²) in [6, 6.07) is 4.99. The van der Waals surface area contributed by atoms with E-state index >= 15 is 0 Å². The van der Waals surface area contributed by atoms with Crippen LogP contribution in [0.25, 0.3) is 0 Å². The van der Waals surface area contributed by atoms with E-state index in [0.717, 1.165) is 18.2 Å². The molecule has 0 saturated carbocycles. The van der Waals surface area contributed by atoms with Gasteiger partial charge in [-0.05, 0) is 25.1 Å². The van der Waals surface area contributed by atoms with Gasteiger partial charge < -0.3 is 25.2 Å². The van der Waals surface area contributed by atoms with Crippen LogP contribution in [0.1, 0.15) is 18.7 Å². The maximum absolute atomic E-state index is 14.1.